The molecule has 2 aromatic heterocycles. The van der Waals surface area contributed by atoms with Crippen molar-refractivity contribution in [1.29, 1.82) is 0 Å². The molecule has 25 heavy (non-hydrogen) atoms. The molecular formula is C19H16BrN3O2. The first kappa shape index (κ1) is 17.1. The molecule has 3 rings (SSSR count). The molecule has 0 radical (unpaired) electrons. The average Bonchev–Trinajstić information content (AvgIpc) is 2.64. The van der Waals surface area contributed by atoms with E-state index in [9.17, 15) is 4.79 Å². The highest BCUT2D eigenvalue weighted by Gasteiger charge is 2.18. The number of hydrogen-bond donors (Lipinski definition) is 0. The zero-order chi connectivity index (χ0) is 17.6. The number of hydrogen-bond acceptors (Lipinski definition) is 4. The Morgan fingerprint density at radius 2 is 1.88 bits per heavy atom. The molecule has 3 aromatic rings. The Hall–Kier alpha value is -2.73. The van der Waals surface area contributed by atoms with E-state index in [1.807, 2.05) is 36.4 Å². The predicted molar refractivity (Wildman–Crippen MR) is 98.5 cm³/mol. The topological polar surface area (TPSA) is 55.3 Å². The van der Waals surface area contributed by atoms with E-state index in [-0.39, 0.29) is 11.8 Å². The molecule has 6 heteroatoms. The van der Waals surface area contributed by atoms with E-state index in [1.165, 1.54) is 0 Å². The van der Waals surface area contributed by atoms with Crippen molar-refractivity contribution >= 4 is 21.8 Å². The molecule has 0 N–H and O–H groups in total. The maximum absolute atomic E-state index is 12.8. The molecule has 5 nitrogen and oxygen atoms in total. The summed E-state index contributed by atoms with van der Waals surface area (Å²) >= 11 is 3.38. The molecular weight excluding hydrogens is 382 g/mol. The van der Waals surface area contributed by atoms with Crippen LogP contribution in [-0.4, -0.2) is 27.8 Å². The zero-order valence-electron chi connectivity index (χ0n) is 13.6. The second kappa shape index (κ2) is 7.90. The van der Waals surface area contributed by atoms with Crippen LogP contribution in [0.3, 0.4) is 0 Å². The number of halogens is 1. The third-order valence-corrected chi connectivity index (χ3v) is 4.05. The fraction of sp³-hybridized carbons (Fsp3) is 0.105. The van der Waals surface area contributed by atoms with Gasteiger partial charge in [-0.15, -0.1) is 0 Å². The average molecular weight is 398 g/mol. The minimum atomic E-state index is -0.163. The Labute approximate surface area is 154 Å². The van der Waals surface area contributed by atoms with Gasteiger partial charge in [-0.25, -0.2) is 4.98 Å². The van der Waals surface area contributed by atoms with Gasteiger partial charge in [0.15, 0.2) is 0 Å². The van der Waals surface area contributed by atoms with Gasteiger partial charge in [-0.05, 0) is 48.0 Å². The van der Waals surface area contributed by atoms with E-state index in [1.54, 1.807) is 42.7 Å². The van der Waals surface area contributed by atoms with Gasteiger partial charge >= 0.3 is 0 Å². The Morgan fingerprint density at radius 3 is 2.60 bits per heavy atom. The molecule has 0 unspecified atom stereocenters. The lowest BCUT2D eigenvalue weighted by atomic mass is 10.2. The van der Waals surface area contributed by atoms with Crippen LogP contribution in [0.1, 0.15) is 15.9 Å². The Kier molecular flexibility index (Phi) is 5.40. The third-order valence-electron chi connectivity index (χ3n) is 3.52. The monoisotopic (exact) mass is 397 g/mol. The van der Waals surface area contributed by atoms with Crippen LogP contribution in [0.2, 0.25) is 0 Å². The van der Waals surface area contributed by atoms with Crippen molar-refractivity contribution in [1.82, 2.24) is 14.9 Å². The number of pyridine rings is 2. The highest BCUT2D eigenvalue weighted by Crippen LogP contribution is 2.25. The molecule has 0 saturated carbocycles. The molecule has 0 aliphatic rings. The van der Waals surface area contributed by atoms with Gasteiger partial charge in [-0.2, -0.15) is 0 Å². The van der Waals surface area contributed by atoms with E-state index in [2.05, 4.69) is 25.9 Å². The third kappa shape index (κ3) is 4.42. The lowest BCUT2D eigenvalue weighted by molar-refractivity contribution is 0.0781. The lowest BCUT2D eigenvalue weighted by Gasteiger charge is -2.18. The summed E-state index contributed by atoms with van der Waals surface area (Å²) in [4.78, 5) is 22.7. The van der Waals surface area contributed by atoms with Crippen LogP contribution in [-0.2, 0) is 6.54 Å². The normalized spacial score (nSPS) is 10.3. The number of amides is 1. The molecule has 0 fully saturated rings. The largest absolute Gasteiger partial charge is 0.438 e. The van der Waals surface area contributed by atoms with Crippen molar-refractivity contribution in [3.8, 4) is 11.6 Å². The summed E-state index contributed by atoms with van der Waals surface area (Å²) in [6.45, 7) is 0.458. The van der Waals surface area contributed by atoms with Crippen LogP contribution in [0.5, 0.6) is 11.6 Å². The molecule has 0 saturated heterocycles. The van der Waals surface area contributed by atoms with Crippen molar-refractivity contribution in [3.63, 3.8) is 0 Å². The number of ether oxygens (including phenoxy) is 1. The summed E-state index contributed by atoms with van der Waals surface area (Å²) in [6.07, 6.45) is 5.05. The summed E-state index contributed by atoms with van der Waals surface area (Å²) in [5, 5.41) is 0. The van der Waals surface area contributed by atoms with E-state index in [4.69, 9.17) is 4.74 Å². The highest BCUT2D eigenvalue weighted by molar-refractivity contribution is 9.10. The predicted octanol–water partition coefficient (Wildman–Crippen LogP) is 4.30. The maximum Gasteiger partial charge on any atom is 0.259 e. The minimum Gasteiger partial charge on any atom is -0.438 e. The SMILES string of the molecule is CN(Cc1cccnc1)C(=O)c1cccnc1Oc1ccc(Br)cc1. The number of carbonyl (C=O) groups is 1. The second-order valence-electron chi connectivity index (χ2n) is 5.43. The quantitative estimate of drug-likeness (QED) is 0.643. The van der Waals surface area contributed by atoms with Crippen LogP contribution >= 0.6 is 15.9 Å². The summed E-state index contributed by atoms with van der Waals surface area (Å²) in [6, 6.07) is 14.6. The Morgan fingerprint density at radius 1 is 1.12 bits per heavy atom. The minimum absolute atomic E-state index is 0.163. The first-order chi connectivity index (χ1) is 12.1. The van der Waals surface area contributed by atoms with Gasteiger partial charge in [-0.1, -0.05) is 22.0 Å². The van der Waals surface area contributed by atoms with Crippen LogP contribution in [0.15, 0.2) is 71.6 Å². The van der Waals surface area contributed by atoms with Crippen molar-refractivity contribution in [2.75, 3.05) is 7.05 Å². The fourth-order valence-electron chi connectivity index (χ4n) is 2.29. The summed E-state index contributed by atoms with van der Waals surface area (Å²) in [5.74, 6) is 0.739. The first-order valence-corrected chi connectivity index (χ1v) is 8.45. The molecule has 0 spiro atoms. The molecule has 0 bridgehead atoms. The number of nitrogens with zero attached hydrogens (tertiary/aromatic N) is 3. The summed E-state index contributed by atoms with van der Waals surface area (Å²) in [5.41, 5.74) is 1.37. The molecule has 2 heterocycles. The fourth-order valence-corrected chi connectivity index (χ4v) is 2.56. The molecule has 0 aliphatic carbocycles. The van der Waals surface area contributed by atoms with E-state index in [0.717, 1.165) is 10.0 Å². The standard InChI is InChI=1S/C19H16BrN3O2/c1-23(13-14-4-2-10-21-12-14)19(24)17-5-3-11-22-18(17)25-16-8-6-15(20)7-9-16/h2-12H,13H2,1H3. The zero-order valence-corrected chi connectivity index (χ0v) is 15.2. The molecule has 0 aliphatic heterocycles. The highest BCUT2D eigenvalue weighted by atomic mass is 79.9. The van der Waals surface area contributed by atoms with Crippen LogP contribution in [0.4, 0.5) is 0 Å². The van der Waals surface area contributed by atoms with Gasteiger partial charge in [0, 0.05) is 36.7 Å². The van der Waals surface area contributed by atoms with Gasteiger partial charge < -0.3 is 9.64 Å². The molecule has 1 aromatic carbocycles. The van der Waals surface area contributed by atoms with Crippen molar-refractivity contribution in [2.45, 2.75) is 6.54 Å². The lowest BCUT2D eigenvalue weighted by Crippen LogP contribution is -2.26. The number of benzene rings is 1. The Bertz CT molecular complexity index is 854. The van der Waals surface area contributed by atoms with Gasteiger partial charge in [-0.3, -0.25) is 9.78 Å². The van der Waals surface area contributed by atoms with Gasteiger partial charge in [0.05, 0.1) is 0 Å². The van der Waals surface area contributed by atoms with Crippen LogP contribution in [0.25, 0.3) is 0 Å². The van der Waals surface area contributed by atoms with E-state index in [0.29, 0.717) is 17.9 Å². The smallest absolute Gasteiger partial charge is 0.259 e. The van der Waals surface area contributed by atoms with E-state index >= 15 is 0 Å². The second-order valence-corrected chi connectivity index (χ2v) is 6.35. The molecule has 0 atom stereocenters. The van der Waals surface area contributed by atoms with Crippen molar-refractivity contribution in [3.05, 3.63) is 82.7 Å². The summed E-state index contributed by atoms with van der Waals surface area (Å²) in [7, 11) is 1.74. The number of rotatable bonds is 5. The van der Waals surface area contributed by atoms with Gasteiger partial charge in [0.1, 0.15) is 11.3 Å². The van der Waals surface area contributed by atoms with Crippen LogP contribution < -0.4 is 4.74 Å². The Balaban J connectivity index is 1.79. The maximum atomic E-state index is 12.8. The van der Waals surface area contributed by atoms with Crippen LogP contribution in [0, 0.1) is 0 Å². The van der Waals surface area contributed by atoms with Crippen molar-refractivity contribution in [2.24, 2.45) is 0 Å². The number of aromatic nitrogens is 2. The molecule has 1 amide bonds. The number of carbonyl (C=O) groups excluding carboxylic acids is 1. The summed E-state index contributed by atoms with van der Waals surface area (Å²) < 4.78 is 6.75. The van der Waals surface area contributed by atoms with E-state index < -0.39 is 0 Å². The first-order valence-electron chi connectivity index (χ1n) is 7.66. The molecule has 126 valence electrons. The van der Waals surface area contributed by atoms with Gasteiger partial charge in [0.2, 0.25) is 5.88 Å². The van der Waals surface area contributed by atoms with Crippen molar-refractivity contribution < 1.29 is 9.53 Å². The van der Waals surface area contributed by atoms with Gasteiger partial charge in [0.25, 0.3) is 5.91 Å².